The summed E-state index contributed by atoms with van der Waals surface area (Å²) >= 11 is 6.65. The van der Waals surface area contributed by atoms with Gasteiger partial charge in [0.2, 0.25) is 5.82 Å². The maximum atomic E-state index is 13.7. The SMILES string of the molecule is CCOc1cc(C=Nn2c(-c3cc4c(OC)cccc4o3)nc3ccccc3c2=O)cc(Cl)c1OCc1ccccc1. The van der Waals surface area contributed by atoms with E-state index in [-0.39, 0.29) is 11.4 Å². The third kappa shape index (κ3) is 5.32. The summed E-state index contributed by atoms with van der Waals surface area (Å²) in [4.78, 5) is 18.4. The maximum absolute atomic E-state index is 13.7. The first-order chi connectivity index (χ1) is 20.6. The second kappa shape index (κ2) is 11.8. The Bertz CT molecular complexity index is 1980. The highest BCUT2D eigenvalue weighted by molar-refractivity contribution is 6.32. The Morgan fingerprint density at radius 3 is 2.55 bits per heavy atom. The number of fused-ring (bicyclic) bond motifs is 2. The van der Waals surface area contributed by atoms with Crippen LogP contribution in [0.3, 0.4) is 0 Å². The van der Waals surface area contributed by atoms with Gasteiger partial charge in [0.15, 0.2) is 17.3 Å². The number of benzene rings is 4. The highest BCUT2D eigenvalue weighted by atomic mass is 35.5. The van der Waals surface area contributed by atoms with Gasteiger partial charge in [0, 0.05) is 0 Å². The van der Waals surface area contributed by atoms with Gasteiger partial charge in [0.25, 0.3) is 5.56 Å². The van der Waals surface area contributed by atoms with E-state index in [1.165, 1.54) is 10.9 Å². The molecule has 0 N–H and O–H groups in total. The van der Waals surface area contributed by atoms with Crippen molar-refractivity contribution in [3.8, 4) is 28.8 Å². The monoisotopic (exact) mass is 579 g/mol. The molecule has 6 aromatic rings. The predicted molar refractivity (Wildman–Crippen MR) is 164 cm³/mol. The second-order valence-corrected chi connectivity index (χ2v) is 9.74. The fourth-order valence-electron chi connectivity index (χ4n) is 4.63. The quantitative estimate of drug-likeness (QED) is 0.167. The van der Waals surface area contributed by atoms with Crippen LogP contribution in [0.25, 0.3) is 33.5 Å². The number of aromatic nitrogens is 2. The van der Waals surface area contributed by atoms with Gasteiger partial charge >= 0.3 is 0 Å². The Morgan fingerprint density at radius 2 is 1.74 bits per heavy atom. The van der Waals surface area contributed by atoms with Crippen LogP contribution < -0.4 is 19.8 Å². The van der Waals surface area contributed by atoms with E-state index in [0.717, 1.165) is 10.9 Å². The number of ether oxygens (including phenoxy) is 3. The van der Waals surface area contributed by atoms with Crippen LogP contribution in [0.4, 0.5) is 0 Å². The molecule has 0 bridgehead atoms. The van der Waals surface area contributed by atoms with Crippen LogP contribution in [0.1, 0.15) is 18.1 Å². The Kier molecular flexibility index (Phi) is 7.62. The van der Waals surface area contributed by atoms with Gasteiger partial charge in [-0.2, -0.15) is 9.78 Å². The van der Waals surface area contributed by atoms with Crippen LogP contribution in [-0.4, -0.2) is 29.6 Å². The van der Waals surface area contributed by atoms with E-state index in [9.17, 15) is 4.79 Å². The van der Waals surface area contributed by atoms with Gasteiger partial charge in [-0.15, -0.1) is 0 Å². The Balaban J connectivity index is 1.42. The van der Waals surface area contributed by atoms with Crippen molar-refractivity contribution in [2.75, 3.05) is 13.7 Å². The van der Waals surface area contributed by atoms with E-state index in [1.54, 1.807) is 43.5 Å². The first kappa shape index (κ1) is 27.1. The molecule has 42 heavy (non-hydrogen) atoms. The zero-order valence-corrected chi connectivity index (χ0v) is 23.7. The molecule has 2 heterocycles. The molecule has 4 aromatic carbocycles. The molecule has 9 heteroatoms. The lowest BCUT2D eigenvalue weighted by Gasteiger charge is -2.14. The number of nitrogens with zero attached hydrogens (tertiary/aromatic N) is 3. The van der Waals surface area contributed by atoms with Crippen molar-refractivity contribution < 1.29 is 18.6 Å². The summed E-state index contributed by atoms with van der Waals surface area (Å²) in [5.74, 6) is 2.16. The lowest BCUT2D eigenvalue weighted by Crippen LogP contribution is -2.20. The zero-order valence-electron chi connectivity index (χ0n) is 22.9. The van der Waals surface area contributed by atoms with Crippen molar-refractivity contribution in [2.24, 2.45) is 5.10 Å². The number of hydrogen-bond acceptors (Lipinski definition) is 7. The van der Waals surface area contributed by atoms with Crippen molar-refractivity contribution in [3.63, 3.8) is 0 Å². The van der Waals surface area contributed by atoms with Crippen LogP contribution in [0.5, 0.6) is 17.2 Å². The molecule has 8 nitrogen and oxygen atoms in total. The number of halogens is 1. The van der Waals surface area contributed by atoms with Crippen LogP contribution in [-0.2, 0) is 6.61 Å². The van der Waals surface area contributed by atoms with E-state index in [2.05, 4.69) is 5.10 Å². The number of methoxy groups -OCH3 is 1. The average Bonchev–Trinajstić information content (AvgIpc) is 3.45. The Morgan fingerprint density at radius 1 is 0.929 bits per heavy atom. The normalized spacial score (nSPS) is 11.4. The molecule has 0 saturated heterocycles. The van der Waals surface area contributed by atoms with Gasteiger partial charge in [-0.3, -0.25) is 4.79 Å². The first-order valence-electron chi connectivity index (χ1n) is 13.3. The molecule has 0 amide bonds. The van der Waals surface area contributed by atoms with Gasteiger partial charge in [0.1, 0.15) is 17.9 Å². The number of hydrogen-bond donors (Lipinski definition) is 0. The van der Waals surface area contributed by atoms with Gasteiger partial charge in [-0.25, -0.2) is 4.98 Å². The van der Waals surface area contributed by atoms with Crippen LogP contribution in [0.2, 0.25) is 5.02 Å². The summed E-state index contributed by atoms with van der Waals surface area (Å²) in [6, 6.07) is 27.7. The van der Waals surface area contributed by atoms with Crippen molar-refractivity contribution in [2.45, 2.75) is 13.5 Å². The summed E-state index contributed by atoms with van der Waals surface area (Å²) in [5.41, 5.74) is 2.38. The summed E-state index contributed by atoms with van der Waals surface area (Å²) in [6.07, 6.45) is 1.53. The molecule has 0 aliphatic heterocycles. The van der Waals surface area contributed by atoms with Crippen molar-refractivity contribution in [1.29, 1.82) is 0 Å². The first-order valence-corrected chi connectivity index (χ1v) is 13.7. The minimum Gasteiger partial charge on any atom is -0.496 e. The largest absolute Gasteiger partial charge is 0.496 e. The fraction of sp³-hybridized carbons (Fsp3) is 0.121. The molecule has 0 radical (unpaired) electrons. The lowest BCUT2D eigenvalue weighted by atomic mass is 10.2. The molecule has 0 aliphatic rings. The third-order valence-corrected chi connectivity index (χ3v) is 6.88. The smallest absolute Gasteiger partial charge is 0.282 e. The van der Waals surface area contributed by atoms with E-state index < -0.39 is 0 Å². The highest BCUT2D eigenvalue weighted by Crippen LogP contribution is 2.37. The van der Waals surface area contributed by atoms with Crippen LogP contribution in [0.15, 0.2) is 105 Å². The fourth-order valence-corrected chi connectivity index (χ4v) is 4.91. The van der Waals surface area contributed by atoms with Gasteiger partial charge in [-0.05, 0) is 60.5 Å². The summed E-state index contributed by atoms with van der Waals surface area (Å²) < 4.78 is 24.7. The van der Waals surface area contributed by atoms with Crippen molar-refractivity contribution >= 4 is 39.7 Å². The molecule has 0 aliphatic carbocycles. The minimum atomic E-state index is -0.349. The number of para-hydroxylation sites is 1. The Hall–Kier alpha value is -5.08. The van der Waals surface area contributed by atoms with E-state index in [4.69, 9.17) is 35.2 Å². The molecule has 6 rings (SSSR count). The molecule has 2 aromatic heterocycles. The molecule has 0 unspecified atom stereocenters. The van der Waals surface area contributed by atoms with Gasteiger partial charge in [0.05, 0.1) is 41.2 Å². The molecule has 0 saturated carbocycles. The van der Waals surface area contributed by atoms with Crippen molar-refractivity contribution in [1.82, 2.24) is 9.66 Å². The molecule has 210 valence electrons. The molecular formula is C33H26ClN3O5. The number of furan rings is 1. The maximum Gasteiger partial charge on any atom is 0.282 e. The average molecular weight is 580 g/mol. The van der Waals surface area contributed by atoms with E-state index in [1.807, 2.05) is 61.5 Å². The minimum absolute atomic E-state index is 0.243. The zero-order chi connectivity index (χ0) is 29.1. The summed E-state index contributed by atoms with van der Waals surface area (Å²) in [7, 11) is 1.59. The molecule has 0 fully saturated rings. The standard InChI is InChI=1S/C33H26ClN3O5/c1-3-40-29-17-22(16-25(34)31(29)41-20-21-10-5-4-6-11-21)19-35-37-32(36-26-13-8-7-12-23(26)33(37)38)30-18-24-27(39-2)14-9-15-28(24)42-30/h4-19H,3,20H2,1-2H3. The molecule has 0 spiro atoms. The summed E-state index contributed by atoms with van der Waals surface area (Å²) in [6.45, 7) is 2.62. The topological polar surface area (TPSA) is 88.1 Å². The van der Waals surface area contributed by atoms with Gasteiger partial charge in [-0.1, -0.05) is 60.1 Å². The van der Waals surface area contributed by atoms with Crippen molar-refractivity contribution in [3.05, 3.63) is 117 Å². The van der Waals surface area contributed by atoms with E-state index >= 15 is 0 Å². The summed E-state index contributed by atoms with van der Waals surface area (Å²) in [5, 5.41) is 6.08. The Labute approximate surface area is 246 Å². The highest BCUT2D eigenvalue weighted by Gasteiger charge is 2.18. The third-order valence-electron chi connectivity index (χ3n) is 6.60. The second-order valence-electron chi connectivity index (χ2n) is 9.33. The predicted octanol–water partition coefficient (Wildman–Crippen LogP) is 7.33. The lowest BCUT2D eigenvalue weighted by molar-refractivity contribution is 0.269. The van der Waals surface area contributed by atoms with Gasteiger partial charge < -0.3 is 18.6 Å². The van der Waals surface area contributed by atoms with E-state index in [0.29, 0.717) is 63.3 Å². The molecule has 0 atom stereocenters. The number of rotatable bonds is 9. The van der Waals surface area contributed by atoms with Crippen LogP contribution >= 0.6 is 11.6 Å². The van der Waals surface area contributed by atoms with Crippen LogP contribution in [0, 0.1) is 0 Å². The molecular weight excluding hydrogens is 554 g/mol.